The van der Waals surface area contributed by atoms with E-state index in [2.05, 4.69) is 15.5 Å². The van der Waals surface area contributed by atoms with Crippen LogP contribution in [-0.2, 0) is 4.79 Å². The fraction of sp³-hybridized carbons (Fsp3) is 0.158. The van der Waals surface area contributed by atoms with E-state index in [1.54, 1.807) is 41.2 Å². The van der Waals surface area contributed by atoms with Gasteiger partial charge in [0.05, 0.1) is 11.4 Å². The molecule has 7 nitrogen and oxygen atoms in total. The maximum atomic E-state index is 12.3. The zero-order chi connectivity index (χ0) is 18.5. The van der Waals surface area contributed by atoms with Crippen LogP contribution in [0.5, 0.6) is 5.75 Å². The first-order valence-electron chi connectivity index (χ1n) is 8.04. The Morgan fingerprint density at radius 2 is 1.96 bits per heavy atom. The standard InChI is InChI=1S/C19H18N4O3/c1-13(24)15-6-5-7-16(10-15)26-11-19(25)21-17-8-3-4-9-18(17)23-12-20-22-14(23)2/h3-10,12H,11H2,1-2H3,(H,21,25). The second-order valence-corrected chi connectivity index (χ2v) is 5.69. The molecule has 0 fully saturated rings. The molecular formula is C19H18N4O3. The monoisotopic (exact) mass is 350 g/mol. The summed E-state index contributed by atoms with van der Waals surface area (Å²) in [5.74, 6) is 0.814. The van der Waals surface area contributed by atoms with Crippen molar-refractivity contribution in [3.8, 4) is 11.4 Å². The molecule has 1 N–H and O–H groups in total. The highest BCUT2D eigenvalue weighted by Gasteiger charge is 2.11. The average molecular weight is 350 g/mol. The maximum Gasteiger partial charge on any atom is 0.262 e. The summed E-state index contributed by atoms with van der Waals surface area (Å²) in [5.41, 5.74) is 1.93. The minimum Gasteiger partial charge on any atom is -0.484 e. The third-order valence-electron chi connectivity index (χ3n) is 3.77. The maximum absolute atomic E-state index is 12.3. The quantitative estimate of drug-likeness (QED) is 0.691. The number of benzene rings is 2. The van der Waals surface area contributed by atoms with Crippen molar-refractivity contribution in [1.82, 2.24) is 14.8 Å². The van der Waals surface area contributed by atoms with Gasteiger partial charge in [-0.3, -0.25) is 14.2 Å². The zero-order valence-electron chi connectivity index (χ0n) is 14.5. The molecule has 0 bridgehead atoms. The number of hydrogen-bond donors (Lipinski definition) is 1. The molecule has 7 heteroatoms. The molecule has 0 aliphatic rings. The lowest BCUT2D eigenvalue weighted by molar-refractivity contribution is -0.118. The zero-order valence-corrected chi connectivity index (χ0v) is 14.5. The number of carbonyl (C=O) groups excluding carboxylic acids is 2. The number of aryl methyl sites for hydroxylation is 1. The molecule has 1 amide bonds. The number of amides is 1. The number of nitrogens with zero attached hydrogens (tertiary/aromatic N) is 3. The number of rotatable bonds is 6. The number of aromatic nitrogens is 3. The van der Waals surface area contributed by atoms with Crippen LogP contribution in [0, 0.1) is 6.92 Å². The van der Waals surface area contributed by atoms with Crippen LogP contribution in [0.4, 0.5) is 5.69 Å². The molecule has 1 aromatic heterocycles. The van der Waals surface area contributed by atoms with Crippen molar-refractivity contribution in [3.05, 3.63) is 66.2 Å². The van der Waals surface area contributed by atoms with E-state index in [1.165, 1.54) is 6.92 Å². The molecule has 0 aliphatic carbocycles. The van der Waals surface area contributed by atoms with Crippen LogP contribution < -0.4 is 10.1 Å². The summed E-state index contributed by atoms with van der Waals surface area (Å²) in [6, 6.07) is 14.1. The van der Waals surface area contributed by atoms with Crippen molar-refractivity contribution >= 4 is 17.4 Å². The minimum atomic E-state index is -0.309. The third-order valence-corrected chi connectivity index (χ3v) is 3.77. The van der Waals surface area contributed by atoms with E-state index in [-0.39, 0.29) is 18.3 Å². The Labute approximate surface area is 150 Å². The number of ether oxygens (including phenoxy) is 1. The van der Waals surface area contributed by atoms with E-state index in [4.69, 9.17) is 4.74 Å². The molecule has 0 saturated heterocycles. The largest absolute Gasteiger partial charge is 0.484 e. The Balaban J connectivity index is 1.69. The predicted octanol–water partition coefficient (Wildman–Crippen LogP) is 2.80. The average Bonchev–Trinajstić information content (AvgIpc) is 3.06. The molecule has 26 heavy (non-hydrogen) atoms. The van der Waals surface area contributed by atoms with E-state index in [0.717, 1.165) is 5.69 Å². The minimum absolute atomic E-state index is 0.0573. The van der Waals surface area contributed by atoms with E-state index >= 15 is 0 Å². The van der Waals surface area contributed by atoms with Gasteiger partial charge in [0.2, 0.25) is 0 Å². The molecule has 1 heterocycles. The van der Waals surface area contributed by atoms with Gasteiger partial charge in [0.25, 0.3) is 5.91 Å². The van der Waals surface area contributed by atoms with Gasteiger partial charge in [0, 0.05) is 5.56 Å². The highest BCUT2D eigenvalue weighted by atomic mass is 16.5. The number of Topliss-reactive ketones (excluding diaryl/α,β-unsaturated/α-hetero) is 1. The Bertz CT molecular complexity index is 949. The number of anilines is 1. The topological polar surface area (TPSA) is 86.1 Å². The molecule has 0 atom stereocenters. The molecular weight excluding hydrogens is 332 g/mol. The number of nitrogens with one attached hydrogen (secondary N) is 1. The van der Waals surface area contributed by atoms with E-state index < -0.39 is 0 Å². The normalized spacial score (nSPS) is 10.4. The van der Waals surface area contributed by atoms with Crippen molar-refractivity contribution in [2.45, 2.75) is 13.8 Å². The van der Waals surface area contributed by atoms with Crippen LogP contribution in [0.1, 0.15) is 23.1 Å². The van der Waals surface area contributed by atoms with Gasteiger partial charge in [0.15, 0.2) is 12.4 Å². The van der Waals surface area contributed by atoms with Crippen molar-refractivity contribution < 1.29 is 14.3 Å². The van der Waals surface area contributed by atoms with E-state index in [9.17, 15) is 9.59 Å². The van der Waals surface area contributed by atoms with Crippen LogP contribution in [-0.4, -0.2) is 33.1 Å². The summed E-state index contributed by atoms with van der Waals surface area (Å²) in [6.07, 6.45) is 1.59. The molecule has 3 rings (SSSR count). The van der Waals surface area contributed by atoms with Crippen molar-refractivity contribution in [2.24, 2.45) is 0 Å². The highest BCUT2D eigenvalue weighted by molar-refractivity contribution is 5.95. The molecule has 132 valence electrons. The van der Waals surface area contributed by atoms with Crippen LogP contribution in [0.2, 0.25) is 0 Å². The first-order chi connectivity index (χ1) is 12.5. The molecule has 2 aromatic carbocycles. The molecule has 0 unspecified atom stereocenters. The second-order valence-electron chi connectivity index (χ2n) is 5.69. The first-order valence-corrected chi connectivity index (χ1v) is 8.04. The van der Waals surface area contributed by atoms with Crippen molar-refractivity contribution in [1.29, 1.82) is 0 Å². The van der Waals surface area contributed by atoms with Gasteiger partial charge in [-0.25, -0.2) is 0 Å². The lowest BCUT2D eigenvalue weighted by atomic mass is 10.1. The Morgan fingerprint density at radius 1 is 1.15 bits per heavy atom. The van der Waals surface area contributed by atoms with Gasteiger partial charge in [0.1, 0.15) is 17.9 Å². The molecule has 0 saturated carbocycles. The van der Waals surface area contributed by atoms with Gasteiger partial charge >= 0.3 is 0 Å². The summed E-state index contributed by atoms with van der Waals surface area (Å²) in [4.78, 5) is 23.7. The van der Waals surface area contributed by atoms with Crippen LogP contribution in [0.15, 0.2) is 54.9 Å². The fourth-order valence-electron chi connectivity index (χ4n) is 2.46. The predicted molar refractivity (Wildman–Crippen MR) is 96.7 cm³/mol. The second kappa shape index (κ2) is 7.60. The summed E-state index contributed by atoms with van der Waals surface area (Å²) in [6.45, 7) is 3.14. The highest BCUT2D eigenvalue weighted by Crippen LogP contribution is 2.21. The Kier molecular flexibility index (Phi) is 5.07. The third kappa shape index (κ3) is 3.94. The van der Waals surface area contributed by atoms with Crippen LogP contribution >= 0.6 is 0 Å². The number of carbonyl (C=O) groups is 2. The first kappa shape index (κ1) is 17.3. The summed E-state index contributed by atoms with van der Waals surface area (Å²) in [5, 5.41) is 10.7. The Hall–Kier alpha value is -3.48. The summed E-state index contributed by atoms with van der Waals surface area (Å²) >= 11 is 0. The number of para-hydroxylation sites is 2. The van der Waals surface area contributed by atoms with Gasteiger partial charge < -0.3 is 10.1 Å². The van der Waals surface area contributed by atoms with E-state index in [1.807, 2.05) is 25.1 Å². The van der Waals surface area contributed by atoms with Gasteiger partial charge in [-0.1, -0.05) is 24.3 Å². The summed E-state index contributed by atoms with van der Waals surface area (Å²) < 4.78 is 7.27. The van der Waals surface area contributed by atoms with E-state index in [0.29, 0.717) is 22.8 Å². The lowest BCUT2D eigenvalue weighted by Crippen LogP contribution is -2.21. The molecule has 0 spiro atoms. The summed E-state index contributed by atoms with van der Waals surface area (Å²) in [7, 11) is 0. The number of hydrogen-bond acceptors (Lipinski definition) is 5. The fourth-order valence-corrected chi connectivity index (χ4v) is 2.46. The molecule has 0 aliphatic heterocycles. The SMILES string of the molecule is CC(=O)c1cccc(OCC(=O)Nc2ccccc2-n2cnnc2C)c1. The van der Waals surface area contributed by atoms with Crippen LogP contribution in [0.25, 0.3) is 5.69 Å². The number of ketones is 1. The van der Waals surface area contributed by atoms with Gasteiger partial charge in [-0.05, 0) is 38.1 Å². The van der Waals surface area contributed by atoms with Crippen molar-refractivity contribution in [3.63, 3.8) is 0 Å². The smallest absolute Gasteiger partial charge is 0.262 e. The Morgan fingerprint density at radius 3 is 2.69 bits per heavy atom. The van der Waals surface area contributed by atoms with Gasteiger partial charge in [-0.2, -0.15) is 0 Å². The van der Waals surface area contributed by atoms with Gasteiger partial charge in [-0.15, -0.1) is 10.2 Å². The van der Waals surface area contributed by atoms with Crippen molar-refractivity contribution in [2.75, 3.05) is 11.9 Å². The van der Waals surface area contributed by atoms with Crippen LogP contribution in [0.3, 0.4) is 0 Å². The molecule has 0 radical (unpaired) electrons. The lowest BCUT2D eigenvalue weighted by Gasteiger charge is -2.13. The molecule has 3 aromatic rings.